The fourth-order valence-corrected chi connectivity index (χ4v) is 2.36. The van der Waals surface area contributed by atoms with Crippen molar-refractivity contribution in [2.75, 3.05) is 0 Å². The number of para-hydroxylation sites is 1. The fourth-order valence-electron chi connectivity index (χ4n) is 1.95. The molecule has 0 unspecified atom stereocenters. The van der Waals surface area contributed by atoms with Gasteiger partial charge in [-0.15, -0.1) is 0 Å². The number of alkyl halides is 2. The molecule has 2 rings (SSSR count). The predicted molar refractivity (Wildman–Crippen MR) is 74.5 cm³/mol. The topological polar surface area (TPSA) is 42.8 Å². The van der Waals surface area contributed by atoms with Gasteiger partial charge in [0.15, 0.2) is 10.6 Å². The molecule has 7 heteroatoms. The van der Waals surface area contributed by atoms with E-state index in [4.69, 9.17) is 12.2 Å². The second kappa shape index (κ2) is 5.32. The summed E-state index contributed by atoms with van der Waals surface area (Å²) in [5.74, 6) is 0.542. The minimum absolute atomic E-state index is 0.0713. The summed E-state index contributed by atoms with van der Waals surface area (Å²) in [6.07, 6.45) is 0. The summed E-state index contributed by atoms with van der Waals surface area (Å²) in [6.45, 7) is 2.98. The molecule has 2 aromatic rings. The molecule has 0 aliphatic heterocycles. The first-order valence-corrected chi connectivity index (χ1v) is 6.43. The number of aromatic nitrogens is 3. The first kappa shape index (κ1) is 14.6. The van der Waals surface area contributed by atoms with Gasteiger partial charge >= 0.3 is 6.61 Å². The van der Waals surface area contributed by atoms with Gasteiger partial charge in [0, 0.05) is 5.54 Å². The summed E-state index contributed by atoms with van der Waals surface area (Å²) in [4.78, 5) is 0. The third kappa shape index (κ3) is 2.87. The Morgan fingerprint density at radius 2 is 1.95 bits per heavy atom. The quantitative estimate of drug-likeness (QED) is 0.872. The minimum Gasteiger partial charge on any atom is -0.434 e. The maximum atomic E-state index is 12.5. The van der Waals surface area contributed by atoms with Crippen LogP contribution in [0.3, 0.4) is 0 Å². The Morgan fingerprint density at radius 3 is 2.55 bits per heavy atom. The van der Waals surface area contributed by atoms with Crippen LogP contribution in [-0.4, -0.2) is 21.4 Å². The number of H-pyrrole nitrogens is 1. The van der Waals surface area contributed by atoms with Gasteiger partial charge in [-0.05, 0) is 45.1 Å². The van der Waals surface area contributed by atoms with E-state index in [0.717, 1.165) is 0 Å². The molecule has 0 fully saturated rings. The van der Waals surface area contributed by atoms with Crippen molar-refractivity contribution < 1.29 is 13.5 Å². The van der Waals surface area contributed by atoms with E-state index in [1.54, 1.807) is 22.8 Å². The lowest BCUT2D eigenvalue weighted by atomic mass is 10.1. The molecule has 0 aliphatic carbocycles. The molecule has 4 nitrogen and oxygen atoms in total. The van der Waals surface area contributed by atoms with Crippen LogP contribution in [0, 0.1) is 4.77 Å². The number of hydrogen-bond donors (Lipinski definition) is 1. The van der Waals surface area contributed by atoms with E-state index in [0.29, 0.717) is 16.2 Å². The molecule has 1 aromatic carbocycles. The number of nitrogens with zero attached hydrogens (tertiary/aromatic N) is 2. The second-order valence-corrected chi connectivity index (χ2v) is 5.62. The van der Waals surface area contributed by atoms with E-state index in [1.165, 1.54) is 6.07 Å². The number of benzene rings is 1. The number of aromatic amines is 1. The van der Waals surface area contributed by atoms with Gasteiger partial charge in [0.2, 0.25) is 0 Å². The van der Waals surface area contributed by atoms with Crippen molar-refractivity contribution in [3.05, 3.63) is 29.0 Å². The Bertz CT molecular complexity index is 658. The maximum absolute atomic E-state index is 12.5. The molecule has 0 saturated carbocycles. The van der Waals surface area contributed by atoms with Crippen LogP contribution < -0.4 is 4.74 Å². The van der Waals surface area contributed by atoms with Gasteiger partial charge in [0.25, 0.3) is 0 Å². The summed E-state index contributed by atoms with van der Waals surface area (Å²) in [5, 5.41) is 6.84. The van der Waals surface area contributed by atoms with Gasteiger partial charge in [-0.3, -0.25) is 9.67 Å². The van der Waals surface area contributed by atoms with Gasteiger partial charge in [-0.25, -0.2) is 0 Å². The zero-order valence-corrected chi connectivity index (χ0v) is 12.2. The summed E-state index contributed by atoms with van der Waals surface area (Å²) in [6, 6.07) is 6.51. The number of ether oxygens (including phenoxy) is 1. The number of rotatable bonds is 3. The minimum atomic E-state index is -2.89. The average Bonchev–Trinajstić information content (AvgIpc) is 2.70. The summed E-state index contributed by atoms with van der Waals surface area (Å²) in [7, 11) is 0. The summed E-state index contributed by atoms with van der Waals surface area (Å²) in [5.41, 5.74) is 0.132. The highest BCUT2D eigenvalue weighted by molar-refractivity contribution is 7.71. The molecule has 0 radical (unpaired) electrons. The van der Waals surface area contributed by atoms with E-state index in [-0.39, 0.29) is 11.3 Å². The molecular formula is C13H15F2N3OS. The average molecular weight is 299 g/mol. The molecule has 0 bridgehead atoms. The monoisotopic (exact) mass is 299 g/mol. The molecule has 0 spiro atoms. The maximum Gasteiger partial charge on any atom is 0.387 e. The van der Waals surface area contributed by atoms with E-state index >= 15 is 0 Å². The zero-order valence-electron chi connectivity index (χ0n) is 11.4. The van der Waals surface area contributed by atoms with Crippen LogP contribution >= 0.6 is 12.2 Å². The normalized spacial score (nSPS) is 11.9. The van der Waals surface area contributed by atoms with Crippen LogP contribution in [0.4, 0.5) is 8.78 Å². The first-order valence-electron chi connectivity index (χ1n) is 6.03. The van der Waals surface area contributed by atoms with Crippen molar-refractivity contribution in [2.24, 2.45) is 0 Å². The Kier molecular flexibility index (Phi) is 3.89. The van der Waals surface area contributed by atoms with E-state index in [1.807, 2.05) is 20.8 Å². The van der Waals surface area contributed by atoms with E-state index in [9.17, 15) is 8.78 Å². The summed E-state index contributed by atoms with van der Waals surface area (Å²) < 4.78 is 31.7. The highest BCUT2D eigenvalue weighted by Gasteiger charge is 2.23. The van der Waals surface area contributed by atoms with Crippen LogP contribution in [0.1, 0.15) is 20.8 Å². The van der Waals surface area contributed by atoms with Crippen LogP contribution in [0.25, 0.3) is 11.4 Å². The zero-order chi connectivity index (χ0) is 14.9. The lowest BCUT2D eigenvalue weighted by Crippen LogP contribution is -2.23. The van der Waals surface area contributed by atoms with Crippen LogP contribution in [0.2, 0.25) is 0 Å². The highest BCUT2D eigenvalue weighted by atomic mass is 32.1. The van der Waals surface area contributed by atoms with Crippen LogP contribution in [0.5, 0.6) is 5.75 Å². The number of nitrogens with one attached hydrogen (secondary N) is 1. The van der Waals surface area contributed by atoms with Crippen LogP contribution in [0.15, 0.2) is 24.3 Å². The molecule has 0 saturated heterocycles. The Labute approximate surface area is 120 Å². The van der Waals surface area contributed by atoms with Crippen molar-refractivity contribution in [2.45, 2.75) is 32.9 Å². The smallest absolute Gasteiger partial charge is 0.387 e. The molecule has 1 aromatic heterocycles. The lowest BCUT2D eigenvalue weighted by molar-refractivity contribution is -0.0494. The molecule has 108 valence electrons. The van der Waals surface area contributed by atoms with Gasteiger partial charge < -0.3 is 4.74 Å². The van der Waals surface area contributed by atoms with Crippen molar-refractivity contribution >= 4 is 12.2 Å². The van der Waals surface area contributed by atoms with Crippen molar-refractivity contribution in [3.63, 3.8) is 0 Å². The molecule has 20 heavy (non-hydrogen) atoms. The standard InChI is InChI=1S/C13H15F2N3OS/c1-13(2,3)18-10(16-17-12(18)20)8-6-4-5-7-9(8)19-11(14)15/h4-7,11H,1-3H3,(H,17,20). The van der Waals surface area contributed by atoms with E-state index < -0.39 is 6.61 Å². The van der Waals surface area contributed by atoms with E-state index in [2.05, 4.69) is 14.9 Å². The van der Waals surface area contributed by atoms with Gasteiger partial charge in [0.05, 0.1) is 5.56 Å². The third-order valence-electron chi connectivity index (χ3n) is 2.69. The number of hydrogen-bond acceptors (Lipinski definition) is 3. The first-order chi connectivity index (χ1) is 9.30. The third-order valence-corrected chi connectivity index (χ3v) is 2.96. The number of halogens is 2. The molecule has 1 heterocycles. The van der Waals surface area contributed by atoms with Crippen LogP contribution in [-0.2, 0) is 5.54 Å². The molecule has 0 amide bonds. The molecule has 1 N–H and O–H groups in total. The Hall–Kier alpha value is -1.76. The molecule has 0 aliphatic rings. The fraction of sp³-hybridized carbons (Fsp3) is 0.385. The van der Waals surface area contributed by atoms with Crippen molar-refractivity contribution in [1.82, 2.24) is 14.8 Å². The van der Waals surface area contributed by atoms with Crippen molar-refractivity contribution in [1.29, 1.82) is 0 Å². The molecule has 0 atom stereocenters. The largest absolute Gasteiger partial charge is 0.434 e. The van der Waals surface area contributed by atoms with Gasteiger partial charge in [0.1, 0.15) is 5.75 Å². The molecular weight excluding hydrogens is 284 g/mol. The highest BCUT2D eigenvalue weighted by Crippen LogP contribution is 2.32. The van der Waals surface area contributed by atoms with Gasteiger partial charge in [-0.2, -0.15) is 13.9 Å². The van der Waals surface area contributed by atoms with Gasteiger partial charge in [-0.1, -0.05) is 12.1 Å². The Morgan fingerprint density at radius 1 is 1.30 bits per heavy atom. The SMILES string of the molecule is CC(C)(C)n1c(-c2ccccc2OC(F)F)n[nH]c1=S. The predicted octanol–water partition coefficient (Wildman–Crippen LogP) is 3.96. The summed E-state index contributed by atoms with van der Waals surface area (Å²) >= 11 is 5.21. The van der Waals surface area contributed by atoms with Crippen molar-refractivity contribution in [3.8, 4) is 17.1 Å². The second-order valence-electron chi connectivity index (χ2n) is 5.23. The Balaban J connectivity index is 2.61. The lowest BCUT2D eigenvalue weighted by Gasteiger charge is -2.23.